The van der Waals surface area contributed by atoms with Crippen LogP contribution in [0.4, 0.5) is 0 Å². The Kier molecular flexibility index (Phi) is 7.14. The molecule has 0 spiro atoms. The Balaban J connectivity index is 0.000000459. The molecule has 0 amide bonds. The molecule has 1 rings (SSSR count). The quantitative estimate of drug-likeness (QED) is 0.727. The molecule has 0 fully saturated rings. The Morgan fingerprint density at radius 3 is 1.79 bits per heavy atom. The highest BCUT2D eigenvalue weighted by molar-refractivity contribution is 5.96. The summed E-state index contributed by atoms with van der Waals surface area (Å²) in [5, 5.41) is 25.6. The molecule has 19 heavy (non-hydrogen) atoms. The first-order valence-electron chi connectivity index (χ1n) is 5.68. The minimum absolute atomic E-state index is 0.0277. The van der Waals surface area contributed by atoms with Gasteiger partial charge in [0.25, 0.3) is 0 Å². The molecule has 5 heteroatoms. The highest BCUT2D eigenvalue weighted by Crippen LogP contribution is 2.13. The van der Waals surface area contributed by atoms with Crippen molar-refractivity contribution < 1.29 is 24.9 Å². The largest absolute Gasteiger partial charge is 0.478 e. The Bertz CT molecular complexity index is 438. The maximum atomic E-state index is 10.6. The van der Waals surface area contributed by atoms with Crippen LogP contribution in [0.25, 0.3) is 0 Å². The van der Waals surface area contributed by atoms with E-state index >= 15 is 0 Å². The summed E-state index contributed by atoms with van der Waals surface area (Å²) in [7, 11) is 0. The average Bonchev–Trinajstić information content (AvgIpc) is 2.38. The summed E-state index contributed by atoms with van der Waals surface area (Å²) in [6, 6.07) is 4.17. The molecule has 0 atom stereocenters. The fraction of sp³-hybridized carbons (Fsp3) is 0.286. The Hall–Kier alpha value is -2.14. The van der Waals surface area contributed by atoms with Crippen LogP contribution in [0.2, 0.25) is 0 Å². The highest BCUT2D eigenvalue weighted by Gasteiger charge is 2.13. The first-order valence-corrected chi connectivity index (χ1v) is 5.68. The number of carboxylic acid groups (broad SMARTS) is 2. The topological polar surface area (TPSA) is 94.8 Å². The predicted octanol–water partition coefficient (Wildman–Crippen LogP) is 2.34. The van der Waals surface area contributed by atoms with Crippen molar-refractivity contribution in [2.75, 3.05) is 6.61 Å². The van der Waals surface area contributed by atoms with E-state index in [1.54, 1.807) is 0 Å². The summed E-state index contributed by atoms with van der Waals surface area (Å²) >= 11 is 0. The SMILES string of the molecule is C=C(CC)CO.Cc1c(C(=O)O)cccc1C(=O)O. The summed E-state index contributed by atoms with van der Waals surface area (Å²) in [5.41, 5.74) is 1.23. The van der Waals surface area contributed by atoms with E-state index in [1.807, 2.05) is 6.92 Å². The van der Waals surface area contributed by atoms with Crippen LogP contribution in [0.15, 0.2) is 30.4 Å². The van der Waals surface area contributed by atoms with E-state index in [0.717, 1.165) is 12.0 Å². The molecule has 3 N–H and O–H groups in total. The minimum Gasteiger partial charge on any atom is -0.478 e. The van der Waals surface area contributed by atoms with E-state index in [4.69, 9.17) is 15.3 Å². The standard InChI is InChI=1S/C9H8O4.C5H10O/c1-5-6(8(10)11)3-2-4-7(5)9(12)13;1-3-5(2)4-6/h2-4H,1H3,(H,10,11)(H,12,13);6H,2-4H2,1H3. The van der Waals surface area contributed by atoms with Gasteiger partial charge in [0, 0.05) is 0 Å². The minimum atomic E-state index is -1.11. The monoisotopic (exact) mass is 266 g/mol. The van der Waals surface area contributed by atoms with Gasteiger partial charge in [-0.1, -0.05) is 25.1 Å². The summed E-state index contributed by atoms with van der Waals surface area (Å²) in [5.74, 6) is -2.22. The molecule has 0 saturated heterocycles. The summed E-state index contributed by atoms with van der Waals surface area (Å²) in [6.07, 6.45) is 0.885. The van der Waals surface area contributed by atoms with Gasteiger partial charge in [0.1, 0.15) is 0 Å². The first kappa shape index (κ1) is 16.9. The van der Waals surface area contributed by atoms with Crippen LogP contribution in [0, 0.1) is 6.92 Å². The second kappa shape index (κ2) is 8.05. The summed E-state index contributed by atoms with van der Waals surface area (Å²) in [6.45, 7) is 7.13. The second-order valence-corrected chi connectivity index (χ2v) is 3.85. The molecule has 104 valence electrons. The number of benzene rings is 1. The molecule has 0 aromatic heterocycles. The van der Waals surface area contributed by atoms with Crippen LogP contribution in [-0.4, -0.2) is 33.9 Å². The van der Waals surface area contributed by atoms with Crippen LogP contribution in [0.1, 0.15) is 39.6 Å². The zero-order valence-electron chi connectivity index (χ0n) is 11.0. The number of aromatic carboxylic acids is 2. The molecule has 0 aliphatic rings. The van der Waals surface area contributed by atoms with E-state index < -0.39 is 11.9 Å². The third-order valence-corrected chi connectivity index (χ3v) is 2.52. The molecule has 0 radical (unpaired) electrons. The molecule has 5 nitrogen and oxygen atoms in total. The van der Waals surface area contributed by atoms with Crippen molar-refractivity contribution in [3.8, 4) is 0 Å². The summed E-state index contributed by atoms with van der Waals surface area (Å²) < 4.78 is 0. The predicted molar refractivity (Wildman–Crippen MR) is 71.6 cm³/mol. The zero-order valence-corrected chi connectivity index (χ0v) is 11.0. The normalized spacial score (nSPS) is 9.21. The van der Waals surface area contributed by atoms with Crippen molar-refractivity contribution in [1.82, 2.24) is 0 Å². The number of rotatable bonds is 4. The smallest absolute Gasteiger partial charge is 0.335 e. The number of hydrogen-bond acceptors (Lipinski definition) is 3. The Morgan fingerprint density at radius 2 is 1.58 bits per heavy atom. The van der Waals surface area contributed by atoms with Crippen LogP contribution < -0.4 is 0 Å². The number of carboxylic acids is 2. The van der Waals surface area contributed by atoms with Gasteiger partial charge in [0.2, 0.25) is 0 Å². The average molecular weight is 266 g/mol. The number of carbonyl (C=O) groups is 2. The molecule has 0 unspecified atom stereocenters. The zero-order chi connectivity index (χ0) is 15.0. The van der Waals surface area contributed by atoms with Gasteiger partial charge in [-0.15, -0.1) is 0 Å². The van der Waals surface area contributed by atoms with Crippen molar-refractivity contribution in [1.29, 1.82) is 0 Å². The molecular formula is C14H18O5. The van der Waals surface area contributed by atoms with Crippen LogP contribution in [0.3, 0.4) is 0 Å². The van der Waals surface area contributed by atoms with Crippen LogP contribution >= 0.6 is 0 Å². The van der Waals surface area contributed by atoms with E-state index in [0.29, 0.717) is 0 Å². The number of aliphatic hydroxyl groups excluding tert-OH is 1. The summed E-state index contributed by atoms with van der Waals surface area (Å²) in [4.78, 5) is 21.2. The lowest BCUT2D eigenvalue weighted by molar-refractivity contribution is 0.0696. The van der Waals surface area contributed by atoms with E-state index in [2.05, 4.69) is 6.58 Å². The van der Waals surface area contributed by atoms with Gasteiger partial charge in [0.05, 0.1) is 17.7 Å². The van der Waals surface area contributed by atoms with Gasteiger partial charge in [-0.3, -0.25) is 0 Å². The van der Waals surface area contributed by atoms with E-state index in [9.17, 15) is 9.59 Å². The van der Waals surface area contributed by atoms with Crippen LogP contribution in [0.5, 0.6) is 0 Å². The molecule has 1 aromatic carbocycles. The molecule has 0 bridgehead atoms. The van der Waals surface area contributed by atoms with Crippen molar-refractivity contribution in [2.24, 2.45) is 0 Å². The number of aliphatic hydroxyl groups is 1. The highest BCUT2D eigenvalue weighted by atomic mass is 16.4. The van der Waals surface area contributed by atoms with Crippen molar-refractivity contribution in [3.05, 3.63) is 47.0 Å². The third-order valence-electron chi connectivity index (χ3n) is 2.52. The molecule has 0 heterocycles. The lowest BCUT2D eigenvalue weighted by atomic mass is 10.0. The lowest BCUT2D eigenvalue weighted by Gasteiger charge is -2.03. The Labute approximate surface area is 111 Å². The third kappa shape index (κ3) is 5.35. The number of hydrogen-bond donors (Lipinski definition) is 3. The fourth-order valence-electron chi connectivity index (χ4n) is 1.21. The maximum Gasteiger partial charge on any atom is 0.335 e. The van der Waals surface area contributed by atoms with Gasteiger partial charge < -0.3 is 15.3 Å². The molecule has 1 aromatic rings. The fourth-order valence-corrected chi connectivity index (χ4v) is 1.21. The van der Waals surface area contributed by atoms with Gasteiger partial charge in [-0.05, 0) is 31.0 Å². The first-order chi connectivity index (χ1) is 8.84. The van der Waals surface area contributed by atoms with Gasteiger partial charge >= 0.3 is 11.9 Å². The molecule has 0 aliphatic heterocycles. The van der Waals surface area contributed by atoms with Crippen molar-refractivity contribution >= 4 is 11.9 Å². The van der Waals surface area contributed by atoms with Crippen molar-refractivity contribution in [3.63, 3.8) is 0 Å². The van der Waals surface area contributed by atoms with E-state index in [-0.39, 0.29) is 23.3 Å². The van der Waals surface area contributed by atoms with Gasteiger partial charge in [-0.25, -0.2) is 9.59 Å². The van der Waals surface area contributed by atoms with Gasteiger partial charge in [-0.2, -0.15) is 0 Å². The van der Waals surface area contributed by atoms with Gasteiger partial charge in [0.15, 0.2) is 0 Å². The van der Waals surface area contributed by atoms with Crippen molar-refractivity contribution in [2.45, 2.75) is 20.3 Å². The molecular weight excluding hydrogens is 248 g/mol. The van der Waals surface area contributed by atoms with E-state index in [1.165, 1.54) is 25.1 Å². The Morgan fingerprint density at radius 1 is 1.16 bits per heavy atom. The molecule has 0 saturated carbocycles. The maximum absolute atomic E-state index is 10.6. The second-order valence-electron chi connectivity index (χ2n) is 3.85. The van der Waals surface area contributed by atoms with Crippen LogP contribution in [-0.2, 0) is 0 Å². The molecule has 0 aliphatic carbocycles. The lowest BCUT2D eigenvalue weighted by Crippen LogP contribution is -2.06.